The van der Waals surface area contributed by atoms with Gasteiger partial charge < -0.3 is 19.9 Å². The Balaban J connectivity index is 1.58. The minimum absolute atomic E-state index is 0.0498. The topological polar surface area (TPSA) is 88.1 Å². The molecule has 4 atom stereocenters. The molecule has 7 nitrogen and oxygen atoms in total. The van der Waals surface area contributed by atoms with E-state index in [2.05, 4.69) is 11.9 Å². The van der Waals surface area contributed by atoms with Crippen LogP contribution >= 0.6 is 0 Å². The number of ketones is 1. The van der Waals surface area contributed by atoms with Crippen LogP contribution in [0.4, 0.5) is 4.39 Å². The van der Waals surface area contributed by atoms with Gasteiger partial charge in [0.25, 0.3) is 0 Å². The highest BCUT2D eigenvalue weighted by atomic mass is 19.1. The van der Waals surface area contributed by atoms with E-state index in [4.69, 9.17) is 9.47 Å². The maximum absolute atomic E-state index is 13.8. The average Bonchev–Trinajstić information content (AvgIpc) is 3.32. The van der Waals surface area contributed by atoms with Crippen molar-refractivity contribution in [3.05, 3.63) is 72.3 Å². The molecule has 0 radical (unpaired) electrons. The number of nitrogens with one attached hydrogen (secondary N) is 1. The number of halogens is 1. The summed E-state index contributed by atoms with van der Waals surface area (Å²) in [5.74, 6) is 1.00. The summed E-state index contributed by atoms with van der Waals surface area (Å²) in [7, 11) is 1.56. The molecule has 200 valence electrons. The van der Waals surface area contributed by atoms with Crippen molar-refractivity contribution in [3.63, 3.8) is 0 Å². The summed E-state index contributed by atoms with van der Waals surface area (Å²) in [5.41, 5.74) is 1.19. The first kappa shape index (κ1) is 28.3. The molecule has 1 saturated heterocycles. The van der Waals surface area contributed by atoms with Gasteiger partial charge in [-0.2, -0.15) is 0 Å². The summed E-state index contributed by atoms with van der Waals surface area (Å²) in [4.78, 5) is 27.1. The highest BCUT2D eigenvalue weighted by Gasteiger charge is 2.29. The number of methoxy groups -OCH3 is 1. The van der Waals surface area contributed by atoms with Gasteiger partial charge in [-0.25, -0.2) is 4.39 Å². The number of aliphatic hydroxyl groups excluding tert-OH is 1. The maximum Gasteiger partial charge on any atom is 0.220 e. The predicted molar refractivity (Wildman–Crippen MR) is 141 cm³/mol. The Bertz CT molecular complexity index is 1030. The molecule has 0 bridgehead atoms. The molecular formula is C29H37FN2O5. The number of carbonyl (C=O) groups is 2. The Labute approximate surface area is 218 Å². The zero-order valence-corrected chi connectivity index (χ0v) is 21.6. The lowest BCUT2D eigenvalue weighted by atomic mass is 10.0. The molecule has 1 amide bonds. The summed E-state index contributed by atoms with van der Waals surface area (Å²) in [5, 5.41) is 14.0. The monoisotopic (exact) mass is 512 g/mol. The van der Waals surface area contributed by atoms with E-state index >= 15 is 0 Å². The minimum Gasteiger partial charge on any atom is -0.497 e. The van der Waals surface area contributed by atoms with Crippen molar-refractivity contribution in [3.8, 4) is 11.5 Å². The van der Waals surface area contributed by atoms with Crippen LogP contribution in [0.25, 0.3) is 0 Å². The van der Waals surface area contributed by atoms with Crippen molar-refractivity contribution < 1.29 is 28.6 Å². The lowest BCUT2D eigenvalue weighted by Gasteiger charge is -2.29. The predicted octanol–water partition coefficient (Wildman–Crippen LogP) is 4.26. The highest BCUT2D eigenvalue weighted by Crippen LogP contribution is 2.24. The van der Waals surface area contributed by atoms with Crippen molar-refractivity contribution >= 4 is 11.7 Å². The fourth-order valence-electron chi connectivity index (χ4n) is 4.30. The Morgan fingerprint density at radius 2 is 1.84 bits per heavy atom. The largest absolute Gasteiger partial charge is 0.497 e. The zero-order chi connectivity index (χ0) is 26.8. The lowest BCUT2D eigenvalue weighted by molar-refractivity contribution is -0.123. The van der Waals surface area contributed by atoms with Gasteiger partial charge in [0, 0.05) is 38.0 Å². The number of rotatable bonds is 14. The van der Waals surface area contributed by atoms with Gasteiger partial charge in [-0.1, -0.05) is 24.8 Å². The molecule has 37 heavy (non-hydrogen) atoms. The molecule has 0 spiro atoms. The third-order valence-corrected chi connectivity index (χ3v) is 6.49. The van der Waals surface area contributed by atoms with Gasteiger partial charge >= 0.3 is 0 Å². The third kappa shape index (κ3) is 8.68. The van der Waals surface area contributed by atoms with Crippen molar-refractivity contribution in [2.24, 2.45) is 0 Å². The van der Waals surface area contributed by atoms with Crippen molar-refractivity contribution in [1.29, 1.82) is 0 Å². The van der Waals surface area contributed by atoms with Gasteiger partial charge in [-0.15, -0.1) is 0 Å². The molecule has 1 unspecified atom stereocenters. The molecule has 1 aliphatic heterocycles. The second-order valence-corrected chi connectivity index (χ2v) is 9.40. The van der Waals surface area contributed by atoms with Gasteiger partial charge in [-0.05, 0) is 61.7 Å². The number of amides is 1. The molecular weight excluding hydrogens is 475 g/mol. The fraction of sp³-hybridized carbons (Fsp3) is 0.448. The van der Waals surface area contributed by atoms with Crippen LogP contribution in [0.15, 0.2) is 61.2 Å². The van der Waals surface area contributed by atoms with Crippen LogP contribution in [0.5, 0.6) is 11.5 Å². The Morgan fingerprint density at radius 3 is 2.43 bits per heavy atom. The Morgan fingerprint density at radius 1 is 1.16 bits per heavy atom. The van der Waals surface area contributed by atoms with Crippen LogP contribution in [-0.2, 0) is 4.79 Å². The number of alkyl halides is 1. The van der Waals surface area contributed by atoms with E-state index in [1.165, 1.54) is 0 Å². The number of aliphatic hydroxyl groups is 1. The first-order valence-electron chi connectivity index (χ1n) is 12.7. The number of carbonyl (C=O) groups excluding carboxylic acids is 2. The number of hydrogen-bond donors (Lipinski definition) is 2. The molecule has 2 aromatic rings. The lowest BCUT2D eigenvalue weighted by Crippen LogP contribution is -2.46. The van der Waals surface area contributed by atoms with Gasteiger partial charge in [0.05, 0.1) is 13.2 Å². The standard InChI is InChI=1S/C29H37FN2O5/c1-4-20(2)37-25-14-10-22(11-15-25)29(35)26(19-32-17-16-23(30)18-32)31-28(34)7-5-6-27(33)21-8-12-24(36-3)13-9-21/h4,8-15,20,23,26,29,35H,1,5-7,16-19H2,2-3H3,(H,31,34)/t20?,23-,26-,29-/m1/s1. The van der Waals surface area contributed by atoms with Crippen LogP contribution in [0.3, 0.4) is 0 Å². The van der Waals surface area contributed by atoms with E-state index in [1.807, 2.05) is 11.8 Å². The highest BCUT2D eigenvalue weighted by molar-refractivity contribution is 5.96. The minimum atomic E-state index is -0.991. The van der Waals surface area contributed by atoms with Crippen molar-refractivity contribution in [1.82, 2.24) is 10.2 Å². The second kappa shape index (κ2) is 13.9. The number of benzene rings is 2. The smallest absolute Gasteiger partial charge is 0.220 e. The van der Waals surface area contributed by atoms with Gasteiger partial charge in [0.1, 0.15) is 29.9 Å². The van der Waals surface area contributed by atoms with Crippen LogP contribution in [-0.4, -0.2) is 66.8 Å². The fourth-order valence-corrected chi connectivity index (χ4v) is 4.30. The maximum atomic E-state index is 13.8. The second-order valence-electron chi connectivity index (χ2n) is 9.40. The Hall–Kier alpha value is -3.23. The SMILES string of the molecule is C=CC(C)Oc1ccc([C@@H](O)[C@@H](CN2CC[C@@H](F)C2)NC(=O)CCCC(=O)c2ccc(OC)cc2)cc1. The summed E-state index contributed by atoms with van der Waals surface area (Å²) < 4.78 is 24.6. The number of hydrogen-bond acceptors (Lipinski definition) is 6. The number of nitrogens with zero attached hydrogens (tertiary/aromatic N) is 1. The van der Waals surface area contributed by atoms with Crippen LogP contribution < -0.4 is 14.8 Å². The molecule has 1 aliphatic rings. The Kier molecular flexibility index (Phi) is 10.7. The summed E-state index contributed by atoms with van der Waals surface area (Å²) >= 11 is 0. The first-order chi connectivity index (χ1) is 17.8. The van der Waals surface area contributed by atoms with E-state index in [0.717, 1.165) is 0 Å². The summed E-state index contributed by atoms with van der Waals surface area (Å²) in [6.07, 6.45) is 0.836. The van der Waals surface area contributed by atoms with Crippen LogP contribution in [0.2, 0.25) is 0 Å². The molecule has 8 heteroatoms. The van der Waals surface area contributed by atoms with E-state index in [-0.39, 0.29) is 37.2 Å². The molecule has 0 aliphatic carbocycles. The van der Waals surface area contributed by atoms with Gasteiger partial charge in [-0.3, -0.25) is 14.5 Å². The summed E-state index contributed by atoms with van der Waals surface area (Å²) in [6, 6.07) is 13.3. The quantitative estimate of drug-likeness (QED) is 0.291. The molecule has 1 fully saturated rings. The molecule has 0 aromatic heterocycles. The molecule has 2 N–H and O–H groups in total. The molecule has 0 saturated carbocycles. The van der Waals surface area contributed by atoms with E-state index in [9.17, 15) is 19.1 Å². The van der Waals surface area contributed by atoms with E-state index in [1.54, 1.807) is 61.7 Å². The molecule has 2 aromatic carbocycles. The van der Waals surface area contributed by atoms with Gasteiger partial charge in [0.2, 0.25) is 5.91 Å². The van der Waals surface area contributed by atoms with E-state index < -0.39 is 18.3 Å². The number of ether oxygens (including phenoxy) is 2. The zero-order valence-electron chi connectivity index (χ0n) is 21.6. The van der Waals surface area contributed by atoms with Crippen molar-refractivity contribution in [2.45, 2.75) is 57.0 Å². The average molecular weight is 513 g/mol. The number of likely N-dealkylation sites (tertiary alicyclic amines) is 1. The normalized spacial score (nSPS) is 18.0. The number of Topliss-reactive ketones (excluding diaryl/α,β-unsaturated/α-hetero) is 1. The third-order valence-electron chi connectivity index (χ3n) is 6.49. The molecule has 3 rings (SSSR count). The van der Waals surface area contributed by atoms with E-state index in [0.29, 0.717) is 48.6 Å². The summed E-state index contributed by atoms with van der Waals surface area (Å²) in [6.45, 7) is 6.75. The van der Waals surface area contributed by atoms with Gasteiger partial charge in [0.15, 0.2) is 5.78 Å². The first-order valence-corrected chi connectivity index (χ1v) is 12.7. The van der Waals surface area contributed by atoms with Crippen LogP contribution in [0, 0.1) is 0 Å². The molecule has 1 heterocycles. The van der Waals surface area contributed by atoms with Crippen LogP contribution in [0.1, 0.15) is 54.6 Å². The van der Waals surface area contributed by atoms with Crippen molar-refractivity contribution in [2.75, 3.05) is 26.7 Å².